The number of amides is 1. The molecule has 1 aliphatic heterocycles. The first-order valence-corrected chi connectivity index (χ1v) is 6.44. The predicted octanol–water partition coefficient (Wildman–Crippen LogP) is 2.25. The van der Waals surface area contributed by atoms with E-state index in [4.69, 9.17) is 0 Å². The van der Waals surface area contributed by atoms with Crippen LogP contribution in [0.4, 0.5) is 17.1 Å². The van der Waals surface area contributed by atoms with E-state index in [0.29, 0.717) is 0 Å². The predicted molar refractivity (Wildman–Crippen MR) is 80.0 cm³/mol. The van der Waals surface area contributed by atoms with E-state index in [-0.39, 0.29) is 11.9 Å². The molecule has 0 bridgehead atoms. The maximum Gasteiger partial charge on any atom is 0.251 e. The van der Waals surface area contributed by atoms with Crippen molar-refractivity contribution in [2.75, 3.05) is 29.6 Å². The monoisotopic (exact) mass is 268 g/mol. The lowest BCUT2D eigenvalue weighted by Gasteiger charge is -2.20. The summed E-state index contributed by atoms with van der Waals surface area (Å²) in [5.74, 6) is -0.0419. The molecule has 1 aromatic carbocycles. The Morgan fingerprint density at radius 3 is 2.85 bits per heavy atom. The van der Waals surface area contributed by atoms with Crippen LogP contribution in [-0.4, -0.2) is 25.0 Å². The van der Waals surface area contributed by atoms with Gasteiger partial charge in [0.15, 0.2) is 0 Å². The quantitative estimate of drug-likeness (QED) is 0.896. The van der Waals surface area contributed by atoms with Crippen LogP contribution in [0.2, 0.25) is 0 Å². The van der Waals surface area contributed by atoms with Crippen LogP contribution in [-0.2, 0) is 4.79 Å². The number of nitrogens with one attached hydrogen (secondary N) is 2. The lowest BCUT2D eigenvalue weighted by Crippen LogP contribution is -2.21. The van der Waals surface area contributed by atoms with Crippen LogP contribution in [0, 0.1) is 0 Å². The molecule has 2 heterocycles. The van der Waals surface area contributed by atoms with Crippen LogP contribution in [0.3, 0.4) is 0 Å². The molecule has 3 rings (SSSR count). The molecule has 0 spiro atoms. The number of para-hydroxylation sites is 1. The zero-order valence-corrected chi connectivity index (χ0v) is 11.4. The molecule has 1 atom stereocenters. The molecule has 0 fully saturated rings. The van der Waals surface area contributed by atoms with Crippen molar-refractivity contribution < 1.29 is 4.79 Å². The smallest absolute Gasteiger partial charge is 0.251 e. The van der Waals surface area contributed by atoms with Gasteiger partial charge >= 0.3 is 0 Å². The molecule has 1 aliphatic rings. The van der Waals surface area contributed by atoms with Gasteiger partial charge in [-0.15, -0.1) is 0 Å². The third kappa shape index (κ3) is 2.07. The van der Waals surface area contributed by atoms with Crippen molar-refractivity contribution in [1.82, 2.24) is 4.98 Å². The second-order valence-corrected chi connectivity index (χ2v) is 4.94. The number of carbonyl (C=O) groups excluding carboxylic acids is 1. The molecule has 2 aromatic rings. The summed E-state index contributed by atoms with van der Waals surface area (Å²) >= 11 is 0. The van der Waals surface area contributed by atoms with Crippen LogP contribution < -0.4 is 15.5 Å². The molecule has 0 aliphatic carbocycles. The third-order valence-corrected chi connectivity index (χ3v) is 3.37. The van der Waals surface area contributed by atoms with E-state index in [1.807, 2.05) is 49.3 Å². The van der Waals surface area contributed by atoms with Crippen molar-refractivity contribution in [1.29, 1.82) is 0 Å². The van der Waals surface area contributed by atoms with Gasteiger partial charge in [0, 0.05) is 31.5 Å². The lowest BCUT2D eigenvalue weighted by atomic mass is 10.1. The van der Waals surface area contributed by atoms with Gasteiger partial charge in [0.2, 0.25) is 0 Å². The van der Waals surface area contributed by atoms with Crippen LogP contribution >= 0.6 is 0 Å². The summed E-state index contributed by atoms with van der Waals surface area (Å²) in [6, 6.07) is 9.25. The molecular weight excluding hydrogens is 252 g/mol. The highest BCUT2D eigenvalue weighted by atomic mass is 16.2. The zero-order valence-electron chi connectivity index (χ0n) is 11.4. The Bertz CT molecular complexity index is 654. The molecule has 5 heteroatoms. The van der Waals surface area contributed by atoms with E-state index in [9.17, 15) is 4.79 Å². The summed E-state index contributed by atoms with van der Waals surface area (Å²) in [6.07, 6.45) is 3.48. The van der Waals surface area contributed by atoms with Crippen molar-refractivity contribution >= 4 is 23.0 Å². The fraction of sp³-hybridized carbons (Fsp3) is 0.200. The first-order chi connectivity index (χ1) is 9.66. The molecule has 102 valence electrons. The molecule has 0 saturated heterocycles. The summed E-state index contributed by atoms with van der Waals surface area (Å²) in [6.45, 7) is 0. The first-order valence-electron chi connectivity index (χ1n) is 6.44. The van der Waals surface area contributed by atoms with Gasteiger partial charge in [0.05, 0.1) is 17.6 Å². The Balaban J connectivity index is 1.94. The molecule has 1 unspecified atom stereocenters. The van der Waals surface area contributed by atoms with Crippen molar-refractivity contribution in [3.8, 4) is 0 Å². The third-order valence-electron chi connectivity index (χ3n) is 3.37. The van der Waals surface area contributed by atoms with Gasteiger partial charge in [0.1, 0.15) is 6.04 Å². The van der Waals surface area contributed by atoms with Gasteiger partial charge in [0.25, 0.3) is 5.91 Å². The maximum atomic E-state index is 12.1. The number of nitrogens with zero attached hydrogens (tertiary/aromatic N) is 2. The molecule has 0 radical (unpaired) electrons. The Morgan fingerprint density at radius 2 is 2.05 bits per heavy atom. The van der Waals surface area contributed by atoms with Crippen molar-refractivity contribution in [2.45, 2.75) is 6.04 Å². The van der Waals surface area contributed by atoms with Crippen molar-refractivity contribution in [2.24, 2.45) is 0 Å². The Labute approximate surface area is 117 Å². The summed E-state index contributed by atoms with van der Waals surface area (Å²) in [4.78, 5) is 18.2. The van der Waals surface area contributed by atoms with Crippen LogP contribution in [0.25, 0.3) is 0 Å². The number of hydrogen-bond donors (Lipinski definition) is 2. The molecular formula is C15H16N4O. The highest BCUT2D eigenvalue weighted by molar-refractivity contribution is 6.04. The number of rotatable bonds is 3. The molecule has 5 nitrogen and oxygen atoms in total. The summed E-state index contributed by atoms with van der Waals surface area (Å²) in [7, 11) is 3.92. The van der Waals surface area contributed by atoms with Crippen molar-refractivity contribution in [3.63, 3.8) is 0 Å². The standard InChI is InChI=1S/C15H16N4O/c1-19(2)13-7-8-16-9-12(13)17-14-10-5-3-4-6-11(10)18-15(14)20/h3-9,14,17H,1-2H3,(H,18,20). The molecule has 0 saturated carbocycles. The van der Waals surface area contributed by atoms with Gasteiger partial charge in [-0.2, -0.15) is 0 Å². The van der Waals surface area contributed by atoms with Crippen LogP contribution in [0.1, 0.15) is 11.6 Å². The van der Waals surface area contributed by atoms with Gasteiger partial charge in [-0.05, 0) is 12.1 Å². The van der Waals surface area contributed by atoms with E-state index < -0.39 is 0 Å². The van der Waals surface area contributed by atoms with Gasteiger partial charge < -0.3 is 15.5 Å². The molecule has 1 amide bonds. The minimum absolute atomic E-state index is 0.0419. The summed E-state index contributed by atoms with van der Waals surface area (Å²) < 4.78 is 0. The second kappa shape index (κ2) is 4.85. The van der Waals surface area contributed by atoms with E-state index in [2.05, 4.69) is 15.6 Å². The number of fused-ring (bicyclic) bond motifs is 1. The van der Waals surface area contributed by atoms with Gasteiger partial charge in [-0.25, -0.2) is 0 Å². The van der Waals surface area contributed by atoms with E-state index in [1.54, 1.807) is 12.4 Å². The van der Waals surface area contributed by atoms with E-state index in [0.717, 1.165) is 22.6 Å². The van der Waals surface area contributed by atoms with E-state index in [1.165, 1.54) is 0 Å². The lowest BCUT2D eigenvalue weighted by molar-refractivity contribution is -0.116. The van der Waals surface area contributed by atoms with Crippen LogP contribution in [0.15, 0.2) is 42.7 Å². The van der Waals surface area contributed by atoms with Gasteiger partial charge in [-0.1, -0.05) is 18.2 Å². The average molecular weight is 268 g/mol. The Morgan fingerprint density at radius 1 is 1.25 bits per heavy atom. The average Bonchev–Trinajstić information content (AvgIpc) is 2.76. The largest absolute Gasteiger partial charge is 0.376 e. The van der Waals surface area contributed by atoms with Crippen molar-refractivity contribution in [3.05, 3.63) is 48.3 Å². The number of carbonyl (C=O) groups is 1. The normalized spacial score (nSPS) is 16.5. The Kier molecular flexibility index (Phi) is 3.02. The number of anilines is 3. The highest BCUT2D eigenvalue weighted by Crippen LogP contribution is 2.34. The SMILES string of the molecule is CN(C)c1ccncc1NC1C(=O)Nc2ccccc21. The fourth-order valence-electron chi connectivity index (χ4n) is 2.40. The summed E-state index contributed by atoms with van der Waals surface area (Å²) in [5.41, 5.74) is 3.67. The minimum atomic E-state index is -0.380. The highest BCUT2D eigenvalue weighted by Gasteiger charge is 2.30. The molecule has 1 aromatic heterocycles. The minimum Gasteiger partial charge on any atom is -0.376 e. The topological polar surface area (TPSA) is 57.3 Å². The number of hydrogen-bond acceptors (Lipinski definition) is 4. The van der Waals surface area contributed by atoms with Crippen LogP contribution in [0.5, 0.6) is 0 Å². The number of aromatic nitrogens is 1. The number of benzene rings is 1. The zero-order chi connectivity index (χ0) is 14.1. The summed E-state index contributed by atoms with van der Waals surface area (Å²) in [5, 5.41) is 6.16. The number of pyridine rings is 1. The first kappa shape index (κ1) is 12.5. The fourth-order valence-corrected chi connectivity index (χ4v) is 2.40. The van der Waals surface area contributed by atoms with E-state index >= 15 is 0 Å². The Hall–Kier alpha value is -2.56. The molecule has 20 heavy (non-hydrogen) atoms. The van der Waals surface area contributed by atoms with Gasteiger partial charge in [-0.3, -0.25) is 9.78 Å². The maximum absolute atomic E-state index is 12.1. The second-order valence-electron chi connectivity index (χ2n) is 4.94. The molecule has 2 N–H and O–H groups in total.